The number of rotatable bonds is 4. The molecule has 0 bridgehead atoms. The van der Waals surface area contributed by atoms with Gasteiger partial charge in [0.25, 0.3) is 0 Å². The predicted molar refractivity (Wildman–Crippen MR) is 47.7 cm³/mol. The molecule has 0 atom stereocenters. The molecule has 1 heterocycles. The van der Waals surface area contributed by atoms with Gasteiger partial charge in [-0.05, 0) is 37.3 Å². The van der Waals surface area contributed by atoms with Crippen LogP contribution in [-0.4, -0.2) is 16.3 Å². The van der Waals surface area contributed by atoms with Crippen LogP contribution >= 0.6 is 0 Å². The first-order valence-corrected chi connectivity index (χ1v) is 4.60. The van der Waals surface area contributed by atoms with E-state index in [2.05, 4.69) is 11.3 Å². The van der Waals surface area contributed by atoms with E-state index in [1.807, 2.05) is 10.9 Å². The topological polar surface area (TPSA) is 43.8 Å². The monoisotopic (exact) mass is 165 g/mol. The summed E-state index contributed by atoms with van der Waals surface area (Å²) in [7, 11) is 0. The minimum atomic E-state index is 0.717. The van der Waals surface area contributed by atoms with Gasteiger partial charge >= 0.3 is 0 Å². The first kappa shape index (κ1) is 7.80. The lowest BCUT2D eigenvalue weighted by Gasteiger charge is -1.96. The van der Waals surface area contributed by atoms with Gasteiger partial charge in [-0.25, -0.2) is 0 Å². The number of hydrogen-bond donors (Lipinski definition) is 1. The van der Waals surface area contributed by atoms with Crippen LogP contribution in [0.4, 0.5) is 0 Å². The van der Waals surface area contributed by atoms with Crippen molar-refractivity contribution in [2.75, 3.05) is 6.54 Å². The summed E-state index contributed by atoms with van der Waals surface area (Å²) < 4.78 is 2.04. The third-order valence-electron chi connectivity index (χ3n) is 2.26. The normalized spacial score (nSPS) is 16.8. The van der Waals surface area contributed by atoms with Crippen molar-refractivity contribution >= 4 is 0 Å². The molecule has 1 aliphatic rings. The minimum Gasteiger partial charge on any atom is -0.330 e. The van der Waals surface area contributed by atoms with Gasteiger partial charge in [0, 0.05) is 12.7 Å². The van der Waals surface area contributed by atoms with Gasteiger partial charge in [0.2, 0.25) is 0 Å². The zero-order chi connectivity index (χ0) is 8.39. The molecule has 1 fully saturated rings. The Morgan fingerprint density at radius 1 is 1.58 bits per heavy atom. The summed E-state index contributed by atoms with van der Waals surface area (Å²) in [5.41, 5.74) is 6.71. The second kappa shape index (κ2) is 3.27. The maximum atomic E-state index is 5.45. The molecule has 0 radical (unpaired) electrons. The third-order valence-corrected chi connectivity index (χ3v) is 2.26. The first-order valence-electron chi connectivity index (χ1n) is 4.60. The van der Waals surface area contributed by atoms with Crippen molar-refractivity contribution in [3.05, 3.63) is 18.0 Å². The van der Waals surface area contributed by atoms with Gasteiger partial charge in [0.05, 0.1) is 6.20 Å². The molecule has 2 rings (SSSR count). The van der Waals surface area contributed by atoms with Gasteiger partial charge in [-0.15, -0.1) is 0 Å². The fourth-order valence-corrected chi connectivity index (χ4v) is 1.37. The molecule has 1 aromatic rings. The second-order valence-electron chi connectivity index (χ2n) is 3.55. The Morgan fingerprint density at radius 3 is 3.08 bits per heavy atom. The smallest absolute Gasteiger partial charge is 0.0522 e. The molecule has 1 aromatic heterocycles. The highest BCUT2D eigenvalue weighted by Crippen LogP contribution is 2.30. The summed E-state index contributed by atoms with van der Waals surface area (Å²) in [6, 6.07) is 0. The van der Waals surface area contributed by atoms with E-state index in [1.54, 1.807) is 0 Å². The zero-order valence-corrected chi connectivity index (χ0v) is 7.24. The van der Waals surface area contributed by atoms with E-state index < -0.39 is 0 Å². The van der Waals surface area contributed by atoms with Gasteiger partial charge in [-0.1, -0.05) is 0 Å². The summed E-state index contributed by atoms with van der Waals surface area (Å²) in [6.45, 7) is 1.82. The summed E-state index contributed by atoms with van der Waals surface area (Å²) in [5, 5.41) is 4.28. The van der Waals surface area contributed by atoms with Crippen molar-refractivity contribution in [2.24, 2.45) is 11.7 Å². The summed E-state index contributed by atoms with van der Waals surface area (Å²) in [5.74, 6) is 0.899. The van der Waals surface area contributed by atoms with E-state index in [4.69, 9.17) is 5.73 Å². The third kappa shape index (κ3) is 1.85. The van der Waals surface area contributed by atoms with Crippen LogP contribution in [0.5, 0.6) is 0 Å². The number of nitrogens with zero attached hydrogens (tertiary/aromatic N) is 2. The summed E-state index contributed by atoms with van der Waals surface area (Å²) in [6.07, 6.45) is 7.75. The van der Waals surface area contributed by atoms with Crippen LogP contribution in [0, 0.1) is 5.92 Å². The Morgan fingerprint density at radius 2 is 2.42 bits per heavy atom. The Labute approximate surface area is 72.6 Å². The van der Waals surface area contributed by atoms with Crippen LogP contribution in [-0.2, 0) is 13.0 Å². The van der Waals surface area contributed by atoms with Crippen LogP contribution in [0.3, 0.4) is 0 Å². The maximum Gasteiger partial charge on any atom is 0.0522 e. The van der Waals surface area contributed by atoms with Gasteiger partial charge in [-0.3, -0.25) is 4.68 Å². The quantitative estimate of drug-likeness (QED) is 0.717. The van der Waals surface area contributed by atoms with E-state index >= 15 is 0 Å². The lowest BCUT2D eigenvalue weighted by atomic mass is 10.3. The fourth-order valence-electron chi connectivity index (χ4n) is 1.37. The lowest BCUT2D eigenvalue weighted by Crippen LogP contribution is -2.02. The van der Waals surface area contributed by atoms with Crippen molar-refractivity contribution in [1.82, 2.24) is 9.78 Å². The standard InChI is InChI=1S/C9H15N3/c10-4-3-9-5-11-12(7-9)6-8-1-2-8/h5,7-8H,1-4,6,10H2. The van der Waals surface area contributed by atoms with Crippen LogP contribution in [0.2, 0.25) is 0 Å². The van der Waals surface area contributed by atoms with Crippen LogP contribution in [0.15, 0.2) is 12.4 Å². The average Bonchev–Trinajstić information content (AvgIpc) is 2.74. The SMILES string of the molecule is NCCc1cnn(CC2CC2)c1. The van der Waals surface area contributed by atoms with Crippen LogP contribution < -0.4 is 5.73 Å². The van der Waals surface area contributed by atoms with E-state index in [0.717, 1.165) is 25.4 Å². The molecule has 12 heavy (non-hydrogen) atoms. The average molecular weight is 165 g/mol. The van der Waals surface area contributed by atoms with E-state index in [1.165, 1.54) is 18.4 Å². The number of nitrogens with two attached hydrogens (primary N) is 1. The molecule has 0 saturated heterocycles. The molecule has 66 valence electrons. The van der Waals surface area contributed by atoms with E-state index in [-0.39, 0.29) is 0 Å². The van der Waals surface area contributed by atoms with Gasteiger partial charge in [0.1, 0.15) is 0 Å². The largest absolute Gasteiger partial charge is 0.330 e. The molecule has 0 amide bonds. The molecule has 0 spiro atoms. The van der Waals surface area contributed by atoms with Gasteiger partial charge in [-0.2, -0.15) is 5.10 Å². The van der Waals surface area contributed by atoms with Crippen LogP contribution in [0.25, 0.3) is 0 Å². The highest BCUT2D eigenvalue weighted by Gasteiger charge is 2.21. The molecule has 0 aromatic carbocycles. The highest BCUT2D eigenvalue weighted by atomic mass is 15.3. The van der Waals surface area contributed by atoms with Crippen molar-refractivity contribution in [3.63, 3.8) is 0 Å². The summed E-state index contributed by atoms with van der Waals surface area (Å²) >= 11 is 0. The molecule has 3 nitrogen and oxygen atoms in total. The Bertz CT molecular complexity index is 250. The molecule has 1 aliphatic carbocycles. The Balaban J connectivity index is 1.92. The molecule has 0 aliphatic heterocycles. The van der Waals surface area contributed by atoms with Gasteiger partial charge < -0.3 is 5.73 Å². The minimum absolute atomic E-state index is 0.717. The highest BCUT2D eigenvalue weighted by molar-refractivity contribution is 5.04. The van der Waals surface area contributed by atoms with E-state index in [0.29, 0.717) is 0 Å². The fraction of sp³-hybridized carbons (Fsp3) is 0.667. The second-order valence-corrected chi connectivity index (χ2v) is 3.55. The first-order chi connectivity index (χ1) is 5.88. The molecular formula is C9H15N3. The van der Waals surface area contributed by atoms with Crippen molar-refractivity contribution in [1.29, 1.82) is 0 Å². The molecule has 2 N–H and O–H groups in total. The van der Waals surface area contributed by atoms with Crippen molar-refractivity contribution in [2.45, 2.75) is 25.8 Å². The molecule has 1 saturated carbocycles. The van der Waals surface area contributed by atoms with Crippen molar-refractivity contribution < 1.29 is 0 Å². The molecule has 3 heteroatoms. The van der Waals surface area contributed by atoms with Crippen LogP contribution in [0.1, 0.15) is 18.4 Å². The Hall–Kier alpha value is -0.830. The Kier molecular flexibility index (Phi) is 2.13. The lowest BCUT2D eigenvalue weighted by molar-refractivity contribution is 0.562. The van der Waals surface area contributed by atoms with Crippen molar-refractivity contribution in [3.8, 4) is 0 Å². The summed E-state index contributed by atoms with van der Waals surface area (Å²) in [4.78, 5) is 0. The van der Waals surface area contributed by atoms with E-state index in [9.17, 15) is 0 Å². The zero-order valence-electron chi connectivity index (χ0n) is 7.24. The molecular weight excluding hydrogens is 150 g/mol. The number of aromatic nitrogens is 2. The predicted octanol–water partition coefficient (Wildman–Crippen LogP) is 0.794. The van der Waals surface area contributed by atoms with Gasteiger partial charge in [0.15, 0.2) is 0 Å². The maximum absolute atomic E-state index is 5.45. The molecule has 0 unspecified atom stereocenters. The number of hydrogen-bond acceptors (Lipinski definition) is 2.